The van der Waals surface area contributed by atoms with Crippen LogP contribution in [-0.2, 0) is 0 Å². The molecule has 0 fully saturated rings. The minimum Gasteiger partial charge on any atom is -0.452 e. The van der Waals surface area contributed by atoms with Crippen LogP contribution in [-0.4, -0.2) is 4.98 Å². The number of nitrogens with zero attached hydrogens (tertiary/aromatic N) is 1. The van der Waals surface area contributed by atoms with Gasteiger partial charge in [-0.1, -0.05) is 0 Å². The van der Waals surface area contributed by atoms with Gasteiger partial charge in [0.25, 0.3) is 0 Å². The molecule has 0 aliphatic rings. The smallest absolute Gasteiger partial charge is 0.168 e. The van der Waals surface area contributed by atoms with Crippen LogP contribution in [0.4, 0.5) is 14.5 Å². The number of halogens is 2. The number of rotatable bonds is 2. The Labute approximate surface area is 90.5 Å². The summed E-state index contributed by atoms with van der Waals surface area (Å²) >= 11 is 0. The fourth-order valence-corrected chi connectivity index (χ4v) is 1.16. The van der Waals surface area contributed by atoms with Crippen molar-refractivity contribution in [3.63, 3.8) is 0 Å². The third-order valence-electron chi connectivity index (χ3n) is 1.92. The van der Waals surface area contributed by atoms with Crippen molar-refractivity contribution in [2.75, 3.05) is 5.73 Å². The molecule has 0 saturated carbocycles. The first-order valence-corrected chi connectivity index (χ1v) is 4.49. The van der Waals surface area contributed by atoms with Crippen LogP contribution in [0, 0.1) is 11.6 Å². The van der Waals surface area contributed by atoms with Crippen LogP contribution < -0.4 is 10.5 Å². The molecule has 0 spiro atoms. The summed E-state index contributed by atoms with van der Waals surface area (Å²) in [5, 5.41) is 0. The van der Waals surface area contributed by atoms with Gasteiger partial charge in [0.05, 0.1) is 11.9 Å². The Bertz CT molecular complexity index is 517. The standard InChI is InChI=1S/C11H8F2N2O/c12-7-1-2-10(8(13)5-7)16-11-3-4-15-6-9(11)14/h1-6H,14H2. The molecular formula is C11H8F2N2O. The van der Waals surface area contributed by atoms with Gasteiger partial charge >= 0.3 is 0 Å². The topological polar surface area (TPSA) is 48.1 Å². The molecule has 0 aliphatic heterocycles. The van der Waals surface area contributed by atoms with Crippen molar-refractivity contribution < 1.29 is 13.5 Å². The summed E-state index contributed by atoms with van der Waals surface area (Å²) < 4.78 is 31.1. The molecule has 2 aromatic rings. The van der Waals surface area contributed by atoms with E-state index in [-0.39, 0.29) is 17.2 Å². The van der Waals surface area contributed by atoms with Gasteiger partial charge in [-0.05, 0) is 12.1 Å². The summed E-state index contributed by atoms with van der Waals surface area (Å²) in [7, 11) is 0. The fourth-order valence-electron chi connectivity index (χ4n) is 1.16. The van der Waals surface area contributed by atoms with Gasteiger partial charge in [0.1, 0.15) is 5.82 Å². The predicted octanol–water partition coefficient (Wildman–Crippen LogP) is 2.73. The van der Waals surface area contributed by atoms with Crippen molar-refractivity contribution in [1.82, 2.24) is 4.98 Å². The van der Waals surface area contributed by atoms with Crippen LogP contribution in [0.5, 0.6) is 11.5 Å². The molecule has 0 radical (unpaired) electrons. The van der Waals surface area contributed by atoms with Gasteiger partial charge in [0, 0.05) is 18.3 Å². The molecule has 1 aromatic carbocycles. The molecule has 5 heteroatoms. The predicted molar refractivity (Wildman–Crippen MR) is 55.1 cm³/mol. The van der Waals surface area contributed by atoms with Gasteiger partial charge in [0.2, 0.25) is 0 Å². The largest absolute Gasteiger partial charge is 0.452 e. The lowest BCUT2D eigenvalue weighted by molar-refractivity contribution is 0.439. The molecule has 3 nitrogen and oxygen atoms in total. The Morgan fingerprint density at radius 3 is 2.62 bits per heavy atom. The Morgan fingerprint density at radius 2 is 1.94 bits per heavy atom. The zero-order valence-corrected chi connectivity index (χ0v) is 8.15. The number of hydrogen-bond acceptors (Lipinski definition) is 3. The average molecular weight is 222 g/mol. The average Bonchev–Trinajstić information content (AvgIpc) is 2.25. The van der Waals surface area contributed by atoms with Crippen molar-refractivity contribution in [2.24, 2.45) is 0 Å². The number of nitrogen functional groups attached to an aromatic ring is 1. The first-order chi connectivity index (χ1) is 7.66. The van der Waals surface area contributed by atoms with Gasteiger partial charge in [-0.15, -0.1) is 0 Å². The third-order valence-corrected chi connectivity index (χ3v) is 1.92. The summed E-state index contributed by atoms with van der Waals surface area (Å²) in [4.78, 5) is 3.76. The zero-order chi connectivity index (χ0) is 11.5. The molecular weight excluding hydrogens is 214 g/mol. The Morgan fingerprint density at radius 1 is 1.12 bits per heavy atom. The normalized spacial score (nSPS) is 10.1. The van der Waals surface area contributed by atoms with E-state index in [0.29, 0.717) is 0 Å². The Kier molecular flexibility index (Phi) is 2.68. The second-order valence-corrected chi connectivity index (χ2v) is 3.09. The van der Waals surface area contributed by atoms with Crippen molar-refractivity contribution in [1.29, 1.82) is 0 Å². The summed E-state index contributed by atoms with van der Waals surface area (Å²) in [6.45, 7) is 0. The zero-order valence-electron chi connectivity index (χ0n) is 8.15. The molecule has 1 aromatic heterocycles. The lowest BCUT2D eigenvalue weighted by atomic mass is 10.3. The van der Waals surface area contributed by atoms with Crippen LogP contribution in [0.3, 0.4) is 0 Å². The molecule has 0 saturated heterocycles. The number of pyridine rings is 1. The van der Waals surface area contributed by atoms with E-state index < -0.39 is 11.6 Å². The third kappa shape index (κ3) is 2.08. The first kappa shape index (κ1) is 10.4. The van der Waals surface area contributed by atoms with Gasteiger partial charge in [-0.25, -0.2) is 8.78 Å². The van der Waals surface area contributed by atoms with Crippen molar-refractivity contribution in [3.8, 4) is 11.5 Å². The van der Waals surface area contributed by atoms with E-state index in [1.54, 1.807) is 0 Å². The molecule has 1 heterocycles. The molecule has 0 aliphatic carbocycles. The minimum atomic E-state index is -0.781. The maximum atomic E-state index is 13.2. The highest BCUT2D eigenvalue weighted by Crippen LogP contribution is 2.28. The molecule has 2 rings (SSSR count). The highest BCUT2D eigenvalue weighted by molar-refractivity contribution is 5.51. The quantitative estimate of drug-likeness (QED) is 0.849. The number of benzene rings is 1. The summed E-state index contributed by atoms with van der Waals surface area (Å²) in [5.41, 5.74) is 5.85. The Hall–Kier alpha value is -2.17. The summed E-state index contributed by atoms with van der Waals surface area (Å²) in [6.07, 6.45) is 2.85. The van der Waals surface area contributed by atoms with Crippen molar-refractivity contribution in [3.05, 3.63) is 48.3 Å². The van der Waals surface area contributed by atoms with E-state index in [0.717, 1.165) is 12.1 Å². The second-order valence-electron chi connectivity index (χ2n) is 3.09. The number of aromatic nitrogens is 1. The lowest BCUT2D eigenvalue weighted by Crippen LogP contribution is -1.94. The fraction of sp³-hybridized carbons (Fsp3) is 0. The van der Waals surface area contributed by atoms with E-state index in [4.69, 9.17) is 10.5 Å². The maximum Gasteiger partial charge on any atom is 0.168 e. The molecule has 0 bridgehead atoms. The summed E-state index contributed by atoms with van der Waals surface area (Å²) in [6, 6.07) is 4.55. The highest BCUT2D eigenvalue weighted by Gasteiger charge is 2.07. The summed E-state index contributed by atoms with van der Waals surface area (Å²) in [5.74, 6) is -1.25. The van der Waals surface area contributed by atoms with E-state index >= 15 is 0 Å². The maximum absolute atomic E-state index is 13.2. The number of ether oxygens (including phenoxy) is 1. The minimum absolute atomic E-state index is 0.0840. The molecule has 0 atom stereocenters. The molecule has 82 valence electrons. The van der Waals surface area contributed by atoms with Gasteiger partial charge in [-0.2, -0.15) is 0 Å². The molecule has 0 unspecified atom stereocenters. The van der Waals surface area contributed by atoms with E-state index in [1.165, 1.54) is 24.5 Å². The van der Waals surface area contributed by atoms with Gasteiger partial charge in [0.15, 0.2) is 17.3 Å². The van der Waals surface area contributed by atoms with Crippen LogP contribution >= 0.6 is 0 Å². The Balaban J connectivity index is 2.31. The number of hydrogen-bond donors (Lipinski definition) is 1. The van der Waals surface area contributed by atoms with Crippen LogP contribution in [0.15, 0.2) is 36.7 Å². The second kappa shape index (κ2) is 4.14. The molecule has 2 N–H and O–H groups in total. The lowest BCUT2D eigenvalue weighted by Gasteiger charge is -2.08. The highest BCUT2D eigenvalue weighted by atomic mass is 19.1. The number of nitrogens with two attached hydrogens (primary N) is 1. The molecule has 0 amide bonds. The molecule has 16 heavy (non-hydrogen) atoms. The van der Waals surface area contributed by atoms with E-state index in [9.17, 15) is 8.78 Å². The SMILES string of the molecule is Nc1cnccc1Oc1ccc(F)cc1F. The monoisotopic (exact) mass is 222 g/mol. The van der Waals surface area contributed by atoms with E-state index in [1.807, 2.05) is 0 Å². The van der Waals surface area contributed by atoms with E-state index in [2.05, 4.69) is 4.98 Å². The van der Waals surface area contributed by atoms with Crippen LogP contribution in [0.25, 0.3) is 0 Å². The van der Waals surface area contributed by atoms with Gasteiger partial charge < -0.3 is 10.5 Å². The van der Waals surface area contributed by atoms with Crippen molar-refractivity contribution >= 4 is 5.69 Å². The number of anilines is 1. The first-order valence-electron chi connectivity index (χ1n) is 4.49. The van der Waals surface area contributed by atoms with Gasteiger partial charge in [-0.3, -0.25) is 4.98 Å². The van der Waals surface area contributed by atoms with Crippen LogP contribution in [0.1, 0.15) is 0 Å². The van der Waals surface area contributed by atoms with Crippen LogP contribution in [0.2, 0.25) is 0 Å². The van der Waals surface area contributed by atoms with Crippen molar-refractivity contribution in [2.45, 2.75) is 0 Å².